The Balaban J connectivity index is 1.69. The number of carboxylic acid groups (broad SMARTS) is 1. The molecule has 2 atom stereocenters. The van der Waals surface area contributed by atoms with E-state index in [2.05, 4.69) is 5.32 Å². The van der Waals surface area contributed by atoms with Crippen molar-refractivity contribution >= 4 is 23.5 Å². The Hall–Kier alpha value is -1.55. The SMILES string of the molecule is O=C(O)C1CCCC(C(=O)NCCCc2ccc(Cl)cc2)C1. The fourth-order valence-electron chi connectivity index (χ4n) is 2.95. The maximum atomic E-state index is 12.1. The highest BCUT2D eigenvalue weighted by Crippen LogP contribution is 2.29. The molecular weight excluding hydrogens is 302 g/mol. The zero-order valence-electron chi connectivity index (χ0n) is 12.6. The lowest BCUT2D eigenvalue weighted by molar-refractivity contribution is -0.144. The summed E-state index contributed by atoms with van der Waals surface area (Å²) in [6.07, 6.45) is 4.53. The quantitative estimate of drug-likeness (QED) is 0.789. The lowest BCUT2D eigenvalue weighted by atomic mass is 9.81. The van der Waals surface area contributed by atoms with Crippen molar-refractivity contribution in [3.05, 3.63) is 34.9 Å². The fraction of sp³-hybridized carbons (Fsp3) is 0.529. The van der Waals surface area contributed by atoms with Crippen molar-refractivity contribution < 1.29 is 14.7 Å². The monoisotopic (exact) mass is 323 g/mol. The molecule has 4 nitrogen and oxygen atoms in total. The summed E-state index contributed by atoms with van der Waals surface area (Å²) in [5.41, 5.74) is 1.20. The largest absolute Gasteiger partial charge is 0.481 e. The van der Waals surface area contributed by atoms with Gasteiger partial charge in [0.1, 0.15) is 0 Å². The highest BCUT2D eigenvalue weighted by molar-refractivity contribution is 6.30. The fourth-order valence-corrected chi connectivity index (χ4v) is 3.08. The number of nitrogens with one attached hydrogen (secondary N) is 1. The minimum Gasteiger partial charge on any atom is -0.481 e. The highest BCUT2D eigenvalue weighted by Gasteiger charge is 2.30. The molecule has 0 bridgehead atoms. The van der Waals surface area contributed by atoms with Gasteiger partial charge < -0.3 is 10.4 Å². The average molecular weight is 324 g/mol. The van der Waals surface area contributed by atoms with Crippen LogP contribution < -0.4 is 5.32 Å². The zero-order chi connectivity index (χ0) is 15.9. The van der Waals surface area contributed by atoms with Crippen LogP contribution in [0.25, 0.3) is 0 Å². The van der Waals surface area contributed by atoms with Crippen LogP contribution >= 0.6 is 11.6 Å². The van der Waals surface area contributed by atoms with Crippen molar-refractivity contribution in [3.63, 3.8) is 0 Å². The summed E-state index contributed by atoms with van der Waals surface area (Å²) in [6, 6.07) is 7.71. The predicted octanol–water partition coefficient (Wildman–Crippen LogP) is 3.28. The molecule has 1 aromatic rings. The van der Waals surface area contributed by atoms with E-state index in [0.717, 1.165) is 30.7 Å². The number of carbonyl (C=O) groups is 2. The summed E-state index contributed by atoms with van der Waals surface area (Å²) in [4.78, 5) is 23.1. The second-order valence-corrected chi connectivity index (χ2v) is 6.36. The lowest BCUT2D eigenvalue weighted by Crippen LogP contribution is -2.36. The molecule has 1 aliphatic carbocycles. The first kappa shape index (κ1) is 16.8. The van der Waals surface area contributed by atoms with Crippen LogP contribution in [-0.2, 0) is 16.0 Å². The summed E-state index contributed by atoms with van der Waals surface area (Å²) in [5, 5.41) is 12.7. The summed E-state index contributed by atoms with van der Waals surface area (Å²) >= 11 is 5.84. The van der Waals surface area contributed by atoms with Crippen molar-refractivity contribution in [2.45, 2.75) is 38.5 Å². The van der Waals surface area contributed by atoms with Crippen molar-refractivity contribution in [3.8, 4) is 0 Å². The maximum absolute atomic E-state index is 12.1. The molecule has 0 spiro atoms. The summed E-state index contributed by atoms with van der Waals surface area (Å²) in [6.45, 7) is 0.621. The molecule has 2 N–H and O–H groups in total. The van der Waals surface area contributed by atoms with Gasteiger partial charge in [-0.25, -0.2) is 0 Å². The van der Waals surface area contributed by atoms with Gasteiger partial charge in [-0.3, -0.25) is 9.59 Å². The van der Waals surface area contributed by atoms with Crippen LogP contribution in [0, 0.1) is 11.8 Å². The van der Waals surface area contributed by atoms with Gasteiger partial charge in [0.15, 0.2) is 0 Å². The molecule has 1 aromatic carbocycles. The molecule has 0 aromatic heterocycles. The van der Waals surface area contributed by atoms with E-state index in [1.54, 1.807) is 0 Å². The molecular formula is C17H22ClNO3. The third-order valence-corrected chi connectivity index (χ3v) is 4.50. The van der Waals surface area contributed by atoms with E-state index in [9.17, 15) is 9.59 Å². The molecule has 0 saturated heterocycles. The number of rotatable bonds is 6. The van der Waals surface area contributed by atoms with E-state index in [4.69, 9.17) is 16.7 Å². The molecule has 2 rings (SSSR count). The maximum Gasteiger partial charge on any atom is 0.306 e. The van der Waals surface area contributed by atoms with Gasteiger partial charge in [0.2, 0.25) is 5.91 Å². The standard InChI is InChI=1S/C17H22ClNO3/c18-15-8-6-12(7-9-15)3-2-10-19-16(20)13-4-1-5-14(11-13)17(21)22/h6-9,13-14H,1-5,10-11H2,(H,19,20)(H,21,22). The molecule has 0 aliphatic heterocycles. The van der Waals surface area contributed by atoms with Crippen LogP contribution in [0.4, 0.5) is 0 Å². The van der Waals surface area contributed by atoms with Crippen LogP contribution in [0.15, 0.2) is 24.3 Å². The summed E-state index contributed by atoms with van der Waals surface area (Å²) < 4.78 is 0. The van der Waals surface area contributed by atoms with Gasteiger partial charge in [-0.15, -0.1) is 0 Å². The predicted molar refractivity (Wildman–Crippen MR) is 85.9 cm³/mol. The number of carbonyl (C=O) groups excluding carboxylic acids is 1. The number of benzene rings is 1. The number of aliphatic carboxylic acids is 1. The van der Waals surface area contributed by atoms with Crippen molar-refractivity contribution in [1.82, 2.24) is 5.32 Å². The van der Waals surface area contributed by atoms with E-state index >= 15 is 0 Å². The van der Waals surface area contributed by atoms with Crippen LogP contribution in [-0.4, -0.2) is 23.5 Å². The zero-order valence-corrected chi connectivity index (χ0v) is 13.3. The number of hydrogen-bond donors (Lipinski definition) is 2. The first-order valence-corrected chi connectivity index (χ1v) is 8.19. The average Bonchev–Trinajstić information content (AvgIpc) is 2.53. The van der Waals surface area contributed by atoms with Crippen LogP contribution in [0.5, 0.6) is 0 Å². The second kappa shape index (κ2) is 8.18. The minimum absolute atomic E-state index is 0.00190. The molecule has 120 valence electrons. The van der Waals surface area contributed by atoms with Gasteiger partial charge in [-0.2, -0.15) is 0 Å². The molecule has 5 heteroatoms. The van der Waals surface area contributed by atoms with E-state index in [0.29, 0.717) is 19.4 Å². The van der Waals surface area contributed by atoms with E-state index < -0.39 is 5.97 Å². The Morgan fingerprint density at radius 2 is 1.86 bits per heavy atom. The molecule has 0 radical (unpaired) electrons. The van der Waals surface area contributed by atoms with E-state index in [1.165, 1.54) is 5.56 Å². The highest BCUT2D eigenvalue weighted by atomic mass is 35.5. The number of aryl methyl sites for hydroxylation is 1. The van der Waals surface area contributed by atoms with Crippen molar-refractivity contribution in [2.24, 2.45) is 11.8 Å². The second-order valence-electron chi connectivity index (χ2n) is 5.92. The first-order valence-electron chi connectivity index (χ1n) is 7.81. The van der Waals surface area contributed by atoms with E-state index in [1.807, 2.05) is 24.3 Å². The third-order valence-electron chi connectivity index (χ3n) is 4.25. The number of hydrogen-bond acceptors (Lipinski definition) is 2. The molecule has 1 saturated carbocycles. The van der Waals surface area contributed by atoms with Crippen molar-refractivity contribution in [2.75, 3.05) is 6.54 Å². The van der Waals surface area contributed by atoms with Gasteiger partial charge in [0.25, 0.3) is 0 Å². The van der Waals surface area contributed by atoms with Gasteiger partial charge in [0.05, 0.1) is 5.92 Å². The Bertz CT molecular complexity index is 515. The third kappa shape index (κ3) is 5.02. The molecule has 2 unspecified atom stereocenters. The minimum atomic E-state index is -0.778. The van der Waals surface area contributed by atoms with Gasteiger partial charge in [0, 0.05) is 17.5 Å². The number of amides is 1. The van der Waals surface area contributed by atoms with Crippen molar-refractivity contribution in [1.29, 1.82) is 0 Å². The van der Waals surface area contributed by atoms with Crippen LogP contribution in [0.3, 0.4) is 0 Å². The molecule has 1 aliphatic rings. The number of halogens is 1. The summed E-state index contributed by atoms with van der Waals surface area (Å²) in [7, 11) is 0. The van der Waals surface area contributed by atoms with Crippen LogP contribution in [0.1, 0.15) is 37.7 Å². The Morgan fingerprint density at radius 3 is 2.55 bits per heavy atom. The summed E-state index contributed by atoms with van der Waals surface area (Å²) in [5.74, 6) is -1.29. The first-order chi connectivity index (χ1) is 10.6. The number of carboxylic acids is 1. The molecule has 22 heavy (non-hydrogen) atoms. The molecule has 1 amide bonds. The van der Waals surface area contributed by atoms with Crippen LogP contribution in [0.2, 0.25) is 5.02 Å². The molecule has 0 heterocycles. The molecule has 1 fully saturated rings. The topological polar surface area (TPSA) is 66.4 Å². The van der Waals surface area contributed by atoms with Gasteiger partial charge >= 0.3 is 5.97 Å². The Kier molecular flexibility index (Phi) is 6.25. The lowest BCUT2D eigenvalue weighted by Gasteiger charge is -2.25. The van der Waals surface area contributed by atoms with Gasteiger partial charge in [-0.05, 0) is 49.8 Å². The van der Waals surface area contributed by atoms with E-state index in [-0.39, 0.29) is 17.7 Å². The smallest absolute Gasteiger partial charge is 0.306 e. The Morgan fingerprint density at radius 1 is 1.18 bits per heavy atom. The Labute approximate surface area is 135 Å². The normalized spacial score (nSPS) is 21.3. The van der Waals surface area contributed by atoms with Gasteiger partial charge in [-0.1, -0.05) is 30.2 Å².